The van der Waals surface area contributed by atoms with E-state index in [0.717, 1.165) is 28.3 Å². The molecule has 3 aromatic rings. The van der Waals surface area contributed by atoms with Crippen molar-refractivity contribution in [3.8, 4) is 21.8 Å². The van der Waals surface area contributed by atoms with Gasteiger partial charge in [0.25, 0.3) is 0 Å². The summed E-state index contributed by atoms with van der Waals surface area (Å²) >= 11 is 1.48. The number of ether oxygens (including phenoxy) is 1. The summed E-state index contributed by atoms with van der Waals surface area (Å²) in [4.78, 5) is 14.2. The summed E-state index contributed by atoms with van der Waals surface area (Å²) < 4.78 is 33.8. The topological polar surface area (TPSA) is 120 Å². The summed E-state index contributed by atoms with van der Waals surface area (Å²) in [6, 6.07) is 4.98. The maximum absolute atomic E-state index is 12.8. The molecule has 0 unspecified atom stereocenters. The number of rotatable bonds is 6. The van der Waals surface area contributed by atoms with Gasteiger partial charge < -0.3 is 10.5 Å². The summed E-state index contributed by atoms with van der Waals surface area (Å²) in [5.41, 5.74) is 8.70. The average molecular weight is 446 g/mol. The highest BCUT2D eigenvalue weighted by Crippen LogP contribution is 2.31. The molecule has 4 rings (SSSR count). The summed E-state index contributed by atoms with van der Waals surface area (Å²) in [5.74, 6) is 0.307. The molecule has 1 aromatic carbocycles. The van der Waals surface area contributed by atoms with E-state index >= 15 is 0 Å². The van der Waals surface area contributed by atoms with Crippen molar-refractivity contribution in [3.63, 3.8) is 0 Å². The number of thiazole rings is 1. The van der Waals surface area contributed by atoms with Gasteiger partial charge in [0.2, 0.25) is 10.0 Å². The second kappa shape index (κ2) is 8.38. The van der Waals surface area contributed by atoms with Crippen LogP contribution in [0.1, 0.15) is 23.4 Å². The van der Waals surface area contributed by atoms with Crippen LogP contribution in [0.2, 0.25) is 0 Å². The first-order valence-corrected chi connectivity index (χ1v) is 11.9. The van der Waals surface area contributed by atoms with Crippen LogP contribution in [-0.2, 0) is 14.8 Å². The van der Waals surface area contributed by atoms with Crippen molar-refractivity contribution >= 4 is 27.2 Å². The lowest BCUT2D eigenvalue weighted by atomic mass is 10.1. The lowest BCUT2D eigenvalue weighted by Crippen LogP contribution is -2.31. The fourth-order valence-electron chi connectivity index (χ4n) is 3.32. The number of aromatic nitrogens is 3. The van der Waals surface area contributed by atoms with Crippen LogP contribution in [0.25, 0.3) is 21.8 Å². The third-order valence-electron chi connectivity index (χ3n) is 4.98. The number of nitrogens with one attached hydrogen (secondary N) is 1. The van der Waals surface area contributed by atoms with Gasteiger partial charge in [-0.25, -0.2) is 28.1 Å². The molecule has 0 spiro atoms. The maximum Gasteiger partial charge on any atom is 0.240 e. The van der Waals surface area contributed by atoms with Crippen molar-refractivity contribution in [2.75, 3.05) is 18.9 Å². The first-order valence-electron chi connectivity index (χ1n) is 9.61. The molecule has 0 radical (unpaired) electrons. The monoisotopic (exact) mass is 445 g/mol. The molecule has 158 valence electrons. The first-order chi connectivity index (χ1) is 14.3. The fourth-order valence-corrected chi connectivity index (χ4v) is 5.18. The second-order valence-corrected chi connectivity index (χ2v) is 10.2. The van der Waals surface area contributed by atoms with E-state index in [1.54, 1.807) is 30.6 Å². The van der Waals surface area contributed by atoms with Gasteiger partial charge in [-0.1, -0.05) is 6.07 Å². The molecular formula is C20H23N5O3S2. The predicted molar refractivity (Wildman–Crippen MR) is 117 cm³/mol. The normalized spacial score (nSPS) is 16.8. The molecule has 0 saturated carbocycles. The van der Waals surface area contributed by atoms with Crippen LogP contribution in [0.3, 0.4) is 0 Å². The van der Waals surface area contributed by atoms with E-state index in [2.05, 4.69) is 19.7 Å². The predicted octanol–water partition coefficient (Wildman–Crippen LogP) is 2.92. The van der Waals surface area contributed by atoms with Crippen LogP contribution in [0.4, 0.5) is 5.82 Å². The Balaban J connectivity index is 1.66. The Hall–Kier alpha value is -2.40. The molecule has 1 aliphatic heterocycles. The van der Waals surface area contributed by atoms with E-state index in [4.69, 9.17) is 10.5 Å². The van der Waals surface area contributed by atoms with Gasteiger partial charge in [0.1, 0.15) is 5.69 Å². The van der Waals surface area contributed by atoms with Crippen LogP contribution in [-0.4, -0.2) is 42.6 Å². The molecule has 1 aliphatic rings. The van der Waals surface area contributed by atoms with E-state index < -0.39 is 10.0 Å². The third-order valence-corrected chi connectivity index (χ3v) is 7.32. The van der Waals surface area contributed by atoms with E-state index in [-0.39, 0.29) is 17.5 Å². The number of benzene rings is 1. The number of aryl methyl sites for hydroxylation is 2. The Labute approximate surface area is 179 Å². The molecule has 2 aromatic heterocycles. The lowest BCUT2D eigenvalue weighted by molar-refractivity contribution is 0.114. The van der Waals surface area contributed by atoms with Crippen LogP contribution >= 0.6 is 11.3 Å². The largest absolute Gasteiger partial charge is 0.382 e. The summed E-state index contributed by atoms with van der Waals surface area (Å²) in [6.45, 7) is 4.75. The number of hydrogen-bond acceptors (Lipinski definition) is 8. The summed E-state index contributed by atoms with van der Waals surface area (Å²) in [7, 11) is -3.67. The average Bonchev–Trinajstić information content (AvgIpc) is 3.39. The Kier molecular flexibility index (Phi) is 5.83. The molecular weight excluding hydrogens is 422 g/mol. The number of sulfonamides is 1. The SMILES string of the molecule is Cc1ncc(-c2nc(-c3cc(S(=O)(=O)NC[C@@H]4CCCO4)ccc3C)cnc2N)s1. The molecule has 3 heterocycles. The summed E-state index contributed by atoms with van der Waals surface area (Å²) in [6.07, 6.45) is 5.03. The third kappa shape index (κ3) is 4.36. The van der Waals surface area contributed by atoms with Crippen LogP contribution in [0.5, 0.6) is 0 Å². The maximum atomic E-state index is 12.8. The smallest absolute Gasteiger partial charge is 0.240 e. The van der Waals surface area contributed by atoms with Crippen molar-refractivity contribution in [1.29, 1.82) is 0 Å². The minimum atomic E-state index is -3.67. The Morgan fingerprint density at radius 2 is 2.10 bits per heavy atom. The highest BCUT2D eigenvalue weighted by atomic mass is 32.2. The van der Waals surface area contributed by atoms with Crippen molar-refractivity contribution in [2.45, 2.75) is 37.7 Å². The van der Waals surface area contributed by atoms with Crippen molar-refractivity contribution in [1.82, 2.24) is 19.7 Å². The van der Waals surface area contributed by atoms with Gasteiger partial charge in [-0.05, 0) is 44.4 Å². The van der Waals surface area contributed by atoms with E-state index in [1.807, 2.05) is 13.8 Å². The molecule has 0 bridgehead atoms. The van der Waals surface area contributed by atoms with E-state index in [0.29, 0.717) is 29.4 Å². The van der Waals surface area contributed by atoms with Crippen molar-refractivity contribution in [2.24, 2.45) is 0 Å². The zero-order valence-corrected chi connectivity index (χ0v) is 18.4. The van der Waals surface area contributed by atoms with Gasteiger partial charge >= 0.3 is 0 Å². The van der Waals surface area contributed by atoms with Crippen molar-refractivity contribution < 1.29 is 13.2 Å². The quantitative estimate of drug-likeness (QED) is 0.598. The van der Waals surface area contributed by atoms with Gasteiger partial charge in [-0.15, -0.1) is 11.3 Å². The molecule has 1 saturated heterocycles. The van der Waals surface area contributed by atoms with Gasteiger partial charge in [0.05, 0.1) is 32.8 Å². The molecule has 0 amide bonds. The van der Waals surface area contributed by atoms with Gasteiger partial charge in [-0.2, -0.15) is 0 Å². The molecule has 1 atom stereocenters. The zero-order chi connectivity index (χ0) is 21.3. The van der Waals surface area contributed by atoms with Crippen molar-refractivity contribution in [3.05, 3.63) is 41.2 Å². The minimum absolute atomic E-state index is 0.0712. The van der Waals surface area contributed by atoms with Gasteiger partial charge in [0.15, 0.2) is 5.82 Å². The van der Waals surface area contributed by atoms with Gasteiger partial charge in [-0.3, -0.25) is 0 Å². The Bertz CT molecular complexity index is 1170. The Morgan fingerprint density at radius 3 is 2.80 bits per heavy atom. The zero-order valence-electron chi connectivity index (χ0n) is 16.8. The van der Waals surface area contributed by atoms with Crippen LogP contribution < -0.4 is 10.5 Å². The molecule has 3 N–H and O–H groups in total. The van der Waals surface area contributed by atoms with Crippen LogP contribution in [0, 0.1) is 13.8 Å². The van der Waals surface area contributed by atoms with Crippen LogP contribution in [0.15, 0.2) is 35.5 Å². The standard InChI is InChI=1S/C20H23N5O3S2/c1-12-5-6-15(30(26,27)24-9-14-4-3-7-28-14)8-16(12)17-10-23-20(21)19(25-17)18-11-22-13(2)29-18/h5-6,8,10-11,14,24H,3-4,7,9H2,1-2H3,(H2,21,23)/t14-/m0/s1. The highest BCUT2D eigenvalue weighted by Gasteiger charge is 2.21. The van der Waals surface area contributed by atoms with E-state index in [1.165, 1.54) is 11.3 Å². The number of hydrogen-bond donors (Lipinski definition) is 2. The molecule has 30 heavy (non-hydrogen) atoms. The molecule has 1 fully saturated rings. The number of anilines is 1. The number of nitrogen functional groups attached to an aromatic ring is 1. The molecule has 10 heteroatoms. The number of nitrogens with zero attached hydrogens (tertiary/aromatic N) is 3. The first kappa shape index (κ1) is 20.9. The second-order valence-electron chi connectivity index (χ2n) is 7.20. The minimum Gasteiger partial charge on any atom is -0.382 e. The summed E-state index contributed by atoms with van der Waals surface area (Å²) in [5, 5.41) is 0.901. The fraction of sp³-hybridized carbons (Fsp3) is 0.350. The number of nitrogens with two attached hydrogens (primary N) is 1. The van der Waals surface area contributed by atoms with E-state index in [9.17, 15) is 8.42 Å². The Morgan fingerprint density at radius 1 is 1.27 bits per heavy atom. The molecule has 8 nitrogen and oxygen atoms in total. The highest BCUT2D eigenvalue weighted by molar-refractivity contribution is 7.89. The lowest BCUT2D eigenvalue weighted by Gasteiger charge is -2.13. The molecule has 0 aliphatic carbocycles. The van der Waals surface area contributed by atoms with Gasteiger partial charge in [0, 0.05) is 24.9 Å².